The number of amides is 1. The van der Waals surface area contributed by atoms with Crippen LogP contribution < -0.4 is 4.90 Å². The summed E-state index contributed by atoms with van der Waals surface area (Å²) in [6.45, 7) is 8.75. The summed E-state index contributed by atoms with van der Waals surface area (Å²) in [5.41, 5.74) is 4.72. The van der Waals surface area contributed by atoms with Crippen LogP contribution in [0.2, 0.25) is 0 Å². The van der Waals surface area contributed by atoms with Crippen LogP contribution >= 0.6 is 0 Å². The molecule has 0 unspecified atom stereocenters. The van der Waals surface area contributed by atoms with Crippen molar-refractivity contribution in [3.63, 3.8) is 0 Å². The molecule has 1 fully saturated rings. The Hall–Kier alpha value is -2.47. The summed E-state index contributed by atoms with van der Waals surface area (Å²) in [4.78, 5) is 27.1. The number of nitrogens with zero attached hydrogens (tertiary/aromatic N) is 4. The molecule has 1 aromatic carbocycles. The highest BCUT2D eigenvalue weighted by atomic mass is 16.5. The first-order valence-corrected chi connectivity index (χ1v) is 11.7. The highest BCUT2D eigenvalue weighted by Crippen LogP contribution is 2.28. The van der Waals surface area contributed by atoms with E-state index in [1.807, 2.05) is 4.90 Å². The van der Waals surface area contributed by atoms with Gasteiger partial charge in [-0.2, -0.15) is 0 Å². The van der Waals surface area contributed by atoms with E-state index < -0.39 is 0 Å². The number of aryl methyl sites for hydroxylation is 1. The lowest BCUT2D eigenvalue weighted by Crippen LogP contribution is -2.41. The lowest BCUT2D eigenvalue weighted by atomic mass is 10.0. The fraction of sp³-hybridized carbons (Fsp3) is 0.560. The minimum absolute atomic E-state index is 0.260. The summed E-state index contributed by atoms with van der Waals surface area (Å²) >= 11 is 0. The minimum Gasteiger partial charge on any atom is -0.378 e. The number of hydrogen-bond donors (Lipinski definition) is 0. The molecule has 0 bridgehead atoms. The normalized spacial score (nSPS) is 16.3. The molecule has 0 aliphatic carbocycles. The monoisotopic (exact) mass is 422 g/mol. The maximum atomic E-state index is 12.8. The molecule has 0 spiro atoms. The minimum atomic E-state index is 0.260. The zero-order chi connectivity index (χ0) is 21.6. The molecule has 0 atom stereocenters. The highest BCUT2D eigenvalue weighted by Gasteiger charge is 2.28. The van der Waals surface area contributed by atoms with Gasteiger partial charge in [0.2, 0.25) is 5.91 Å². The molecule has 6 nitrogen and oxygen atoms in total. The van der Waals surface area contributed by atoms with Crippen molar-refractivity contribution in [3.05, 3.63) is 52.5 Å². The summed E-state index contributed by atoms with van der Waals surface area (Å²) < 4.78 is 5.57. The van der Waals surface area contributed by atoms with Crippen molar-refractivity contribution in [2.45, 2.75) is 58.9 Å². The van der Waals surface area contributed by atoms with Gasteiger partial charge in [0.05, 0.1) is 25.5 Å². The van der Waals surface area contributed by atoms with E-state index in [0.29, 0.717) is 26.2 Å². The van der Waals surface area contributed by atoms with Crippen molar-refractivity contribution in [1.29, 1.82) is 0 Å². The molecule has 0 radical (unpaired) electrons. The van der Waals surface area contributed by atoms with E-state index in [4.69, 9.17) is 14.7 Å². The Morgan fingerprint density at radius 3 is 2.74 bits per heavy atom. The average Bonchev–Trinajstić information content (AvgIpc) is 2.79. The summed E-state index contributed by atoms with van der Waals surface area (Å²) in [7, 11) is 0. The maximum Gasteiger partial charge on any atom is 0.222 e. The molecular formula is C25H34N4O2. The molecule has 1 aromatic heterocycles. The van der Waals surface area contributed by atoms with Crippen LogP contribution in [0.4, 0.5) is 5.82 Å². The summed E-state index contributed by atoms with van der Waals surface area (Å²) in [5, 5.41) is 0. The first kappa shape index (κ1) is 21.8. The van der Waals surface area contributed by atoms with Crippen molar-refractivity contribution in [2.75, 3.05) is 37.7 Å². The fourth-order valence-electron chi connectivity index (χ4n) is 4.46. The second-order valence-electron chi connectivity index (χ2n) is 8.68. The molecule has 31 heavy (non-hydrogen) atoms. The Balaban J connectivity index is 1.60. The van der Waals surface area contributed by atoms with Crippen molar-refractivity contribution in [3.8, 4) is 0 Å². The Morgan fingerprint density at radius 1 is 1.13 bits per heavy atom. The number of carbonyl (C=O) groups excluding carboxylic acids is 1. The number of rotatable bonds is 7. The molecule has 0 saturated carbocycles. The quantitative estimate of drug-likeness (QED) is 0.637. The molecule has 4 rings (SSSR count). The van der Waals surface area contributed by atoms with Crippen LogP contribution in [0.1, 0.15) is 60.8 Å². The molecule has 1 saturated heterocycles. The molecule has 6 heteroatoms. The fourth-order valence-corrected chi connectivity index (χ4v) is 4.46. The van der Waals surface area contributed by atoms with Gasteiger partial charge in [-0.05, 0) is 18.9 Å². The molecule has 1 amide bonds. The standard InChI is InChI=1S/C25H34N4O2/c1-3-4-5-9-24(30)29-11-10-22-21(18-29)25(28-12-14-31-15-13-28)27-23(26-22)17-20-8-6-7-19(2)16-20/h6-8,16H,3-5,9-15,17-18H2,1-2H3. The van der Waals surface area contributed by atoms with Gasteiger partial charge in [0.1, 0.15) is 11.6 Å². The lowest BCUT2D eigenvalue weighted by molar-refractivity contribution is -0.132. The number of unbranched alkanes of at least 4 members (excludes halogenated alkanes) is 2. The lowest BCUT2D eigenvalue weighted by Gasteiger charge is -2.34. The number of anilines is 1. The van der Waals surface area contributed by atoms with Crippen molar-refractivity contribution < 1.29 is 9.53 Å². The molecule has 0 N–H and O–H groups in total. The Bertz CT molecular complexity index is 908. The third-order valence-corrected chi connectivity index (χ3v) is 6.19. The van der Waals surface area contributed by atoms with Gasteiger partial charge < -0.3 is 14.5 Å². The van der Waals surface area contributed by atoms with Gasteiger partial charge in [-0.25, -0.2) is 9.97 Å². The van der Waals surface area contributed by atoms with E-state index in [9.17, 15) is 4.79 Å². The second kappa shape index (κ2) is 10.2. The van der Waals surface area contributed by atoms with Crippen molar-refractivity contribution in [1.82, 2.24) is 14.9 Å². The third kappa shape index (κ3) is 5.42. The first-order chi connectivity index (χ1) is 15.1. The topological polar surface area (TPSA) is 58.6 Å². The number of morpholine rings is 1. The summed E-state index contributed by atoms with van der Waals surface area (Å²) in [6.07, 6.45) is 5.39. The number of hydrogen-bond acceptors (Lipinski definition) is 5. The number of carbonyl (C=O) groups is 1. The van der Waals surface area contributed by atoms with Crippen LogP contribution in [0.5, 0.6) is 0 Å². The number of aromatic nitrogens is 2. The van der Waals surface area contributed by atoms with Crippen LogP contribution in [0, 0.1) is 6.92 Å². The largest absolute Gasteiger partial charge is 0.378 e. The Kier molecular flexibility index (Phi) is 7.17. The third-order valence-electron chi connectivity index (χ3n) is 6.19. The van der Waals surface area contributed by atoms with E-state index in [1.54, 1.807) is 0 Å². The number of benzene rings is 1. The number of ether oxygens (including phenoxy) is 1. The molecule has 2 aliphatic rings. The van der Waals surface area contributed by atoms with Crippen LogP contribution in [0.3, 0.4) is 0 Å². The molecule has 3 heterocycles. The van der Waals surface area contributed by atoms with Gasteiger partial charge >= 0.3 is 0 Å². The highest BCUT2D eigenvalue weighted by molar-refractivity contribution is 5.76. The predicted molar refractivity (Wildman–Crippen MR) is 122 cm³/mol. The Labute approximate surface area is 185 Å². The number of fused-ring (bicyclic) bond motifs is 1. The predicted octanol–water partition coefficient (Wildman–Crippen LogP) is 3.68. The van der Waals surface area contributed by atoms with Crippen molar-refractivity contribution >= 4 is 11.7 Å². The van der Waals surface area contributed by atoms with Crippen LogP contribution in [0.15, 0.2) is 24.3 Å². The first-order valence-electron chi connectivity index (χ1n) is 11.7. The summed E-state index contributed by atoms with van der Waals surface area (Å²) in [6, 6.07) is 8.55. The van der Waals surface area contributed by atoms with Crippen LogP contribution in [0.25, 0.3) is 0 Å². The van der Waals surface area contributed by atoms with Gasteiger partial charge in [0.15, 0.2) is 0 Å². The van der Waals surface area contributed by atoms with Gasteiger partial charge in [-0.1, -0.05) is 49.6 Å². The molecule has 2 aliphatic heterocycles. The zero-order valence-electron chi connectivity index (χ0n) is 18.9. The smallest absolute Gasteiger partial charge is 0.222 e. The SMILES string of the molecule is CCCCCC(=O)N1CCc2nc(Cc3cccc(C)c3)nc(N3CCOCC3)c2C1. The zero-order valence-corrected chi connectivity index (χ0v) is 18.9. The Morgan fingerprint density at radius 2 is 1.97 bits per heavy atom. The van der Waals surface area contributed by atoms with Crippen molar-refractivity contribution in [2.24, 2.45) is 0 Å². The van der Waals surface area contributed by atoms with Gasteiger partial charge in [0, 0.05) is 44.5 Å². The van der Waals surface area contributed by atoms with Crippen LogP contribution in [-0.2, 0) is 28.9 Å². The van der Waals surface area contributed by atoms with Gasteiger partial charge in [-0.15, -0.1) is 0 Å². The maximum absolute atomic E-state index is 12.8. The summed E-state index contributed by atoms with van der Waals surface area (Å²) in [5.74, 6) is 2.13. The van der Waals surface area contributed by atoms with E-state index in [0.717, 1.165) is 74.6 Å². The average molecular weight is 423 g/mol. The van der Waals surface area contributed by atoms with E-state index >= 15 is 0 Å². The van der Waals surface area contributed by atoms with Gasteiger partial charge in [0.25, 0.3) is 0 Å². The van der Waals surface area contributed by atoms with Crippen LogP contribution in [-0.4, -0.2) is 53.6 Å². The van der Waals surface area contributed by atoms with E-state index in [2.05, 4.69) is 43.0 Å². The molecular weight excluding hydrogens is 388 g/mol. The van der Waals surface area contributed by atoms with Gasteiger partial charge in [-0.3, -0.25) is 4.79 Å². The molecule has 2 aromatic rings. The van der Waals surface area contributed by atoms with E-state index in [1.165, 1.54) is 11.1 Å². The second-order valence-corrected chi connectivity index (χ2v) is 8.68. The van der Waals surface area contributed by atoms with E-state index in [-0.39, 0.29) is 5.91 Å². The molecule has 166 valence electrons.